The fraction of sp³-hybridized carbons (Fsp3) is 0.929. The maximum Gasteiger partial charge on any atom is 0.136 e. The van der Waals surface area contributed by atoms with Gasteiger partial charge in [0.2, 0.25) is 0 Å². The van der Waals surface area contributed by atoms with Gasteiger partial charge in [-0.3, -0.25) is 4.79 Å². The van der Waals surface area contributed by atoms with Gasteiger partial charge in [0.25, 0.3) is 0 Å². The molecule has 0 aromatic heterocycles. The summed E-state index contributed by atoms with van der Waals surface area (Å²) >= 11 is 0. The lowest BCUT2D eigenvalue weighted by atomic mass is 9.67. The number of carbonyl (C=O) groups excluding carboxylic acids is 1. The van der Waals surface area contributed by atoms with Crippen molar-refractivity contribution >= 4 is 5.78 Å². The number of hydrogen-bond donors (Lipinski definition) is 0. The number of hydrogen-bond acceptors (Lipinski definition) is 1. The number of rotatable bonds is 2. The summed E-state index contributed by atoms with van der Waals surface area (Å²) in [5.74, 6) is 2.64. The topological polar surface area (TPSA) is 17.1 Å². The van der Waals surface area contributed by atoms with E-state index in [1.54, 1.807) is 0 Å². The van der Waals surface area contributed by atoms with Crippen molar-refractivity contribution in [2.24, 2.45) is 17.8 Å². The summed E-state index contributed by atoms with van der Waals surface area (Å²) in [6.07, 6.45) is 11.3. The van der Waals surface area contributed by atoms with Crippen LogP contribution in [-0.4, -0.2) is 5.78 Å². The molecule has 2 aliphatic carbocycles. The van der Waals surface area contributed by atoms with Crippen LogP contribution in [0.3, 0.4) is 0 Å². The minimum atomic E-state index is 0.448. The molecule has 0 aliphatic heterocycles. The smallest absolute Gasteiger partial charge is 0.136 e. The highest BCUT2D eigenvalue weighted by molar-refractivity contribution is 5.81. The van der Waals surface area contributed by atoms with Crippen molar-refractivity contribution in [3.63, 3.8) is 0 Å². The van der Waals surface area contributed by atoms with Crippen LogP contribution in [0.5, 0.6) is 0 Å². The van der Waals surface area contributed by atoms with Crippen LogP contribution >= 0.6 is 0 Å². The van der Waals surface area contributed by atoms with Gasteiger partial charge in [-0.15, -0.1) is 0 Å². The lowest BCUT2D eigenvalue weighted by Crippen LogP contribution is -2.33. The fourth-order valence-electron chi connectivity index (χ4n) is 3.74. The van der Waals surface area contributed by atoms with E-state index in [2.05, 4.69) is 6.92 Å². The Morgan fingerprint density at radius 1 is 1.07 bits per heavy atom. The molecule has 1 heteroatoms. The minimum Gasteiger partial charge on any atom is -0.299 e. The van der Waals surface area contributed by atoms with E-state index in [4.69, 9.17) is 0 Å². The van der Waals surface area contributed by atoms with Gasteiger partial charge in [-0.1, -0.05) is 39.0 Å². The van der Waals surface area contributed by atoms with Gasteiger partial charge in [-0.2, -0.15) is 0 Å². The van der Waals surface area contributed by atoms with Crippen molar-refractivity contribution in [2.45, 2.75) is 64.7 Å². The normalized spacial score (nSPS) is 37.9. The third kappa shape index (κ3) is 2.43. The molecule has 15 heavy (non-hydrogen) atoms. The average molecular weight is 208 g/mol. The molecule has 3 atom stereocenters. The maximum atomic E-state index is 12.0. The van der Waals surface area contributed by atoms with Crippen molar-refractivity contribution in [1.82, 2.24) is 0 Å². The second-order valence-corrected chi connectivity index (χ2v) is 5.44. The Bertz CT molecular complexity index is 221. The molecular weight excluding hydrogens is 184 g/mol. The average Bonchev–Trinajstić information content (AvgIpc) is 2.30. The second kappa shape index (κ2) is 5.14. The Morgan fingerprint density at radius 3 is 2.53 bits per heavy atom. The largest absolute Gasteiger partial charge is 0.299 e. The van der Waals surface area contributed by atoms with Gasteiger partial charge < -0.3 is 0 Å². The van der Waals surface area contributed by atoms with Crippen LogP contribution < -0.4 is 0 Å². The van der Waals surface area contributed by atoms with E-state index in [1.807, 2.05) is 0 Å². The van der Waals surface area contributed by atoms with Gasteiger partial charge in [0, 0.05) is 12.3 Å². The molecule has 0 spiro atoms. The molecule has 2 saturated carbocycles. The number of ketones is 1. The molecule has 3 unspecified atom stereocenters. The van der Waals surface area contributed by atoms with Gasteiger partial charge >= 0.3 is 0 Å². The molecule has 0 N–H and O–H groups in total. The first-order valence-corrected chi connectivity index (χ1v) is 6.85. The highest BCUT2D eigenvalue weighted by Crippen LogP contribution is 2.41. The van der Waals surface area contributed by atoms with Gasteiger partial charge in [0.1, 0.15) is 5.78 Å². The standard InChI is InChI=1S/C14H24O/c1-2-11-7-3-4-8-12(11)13-9-5-6-10-14(13)15/h11-13H,2-10H2,1H3. The second-order valence-electron chi connectivity index (χ2n) is 5.44. The number of Topliss-reactive ketones (excluding diaryl/α,β-unsaturated/α-hetero) is 1. The first kappa shape index (κ1) is 11.2. The predicted octanol–water partition coefficient (Wildman–Crippen LogP) is 3.96. The Hall–Kier alpha value is -0.330. The molecule has 2 rings (SSSR count). The summed E-state index contributed by atoms with van der Waals surface area (Å²) in [5.41, 5.74) is 0. The SMILES string of the molecule is CCC1CCCCC1C1CCCCC1=O. The highest BCUT2D eigenvalue weighted by atomic mass is 16.1. The fourth-order valence-corrected chi connectivity index (χ4v) is 3.74. The summed E-state index contributed by atoms with van der Waals surface area (Å²) in [5, 5.41) is 0. The summed E-state index contributed by atoms with van der Waals surface area (Å²) in [6, 6.07) is 0. The number of carbonyl (C=O) groups is 1. The minimum absolute atomic E-state index is 0.448. The Kier molecular flexibility index (Phi) is 3.82. The predicted molar refractivity (Wildman–Crippen MR) is 62.7 cm³/mol. The van der Waals surface area contributed by atoms with Crippen molar-refractivity contribution in [1.29, 1.82) is 0 Å². The summed E-state index contributed by atoms with van der Waals surface area (Å²) < 4.78 is 0. The summed E-state index contributed by atoms with van der Waals surface area (Å²) in [4.78, 5) is 12.0. The van der Waals surface area contributed by atoms with Crippen LogP contribution in [0.1, 0.15) is 64.7 Å². The molecule has 2 fully saturated rings. The monoisotopic (exact) mass is 208 g/mol. The summed E-state index contributed by atoms with van der Waals surface area (Å²) in [6.45, 7) is 2.30. The van der Waals surface area contributed by atoms with Crippen LogP contribution in [0.2, 0.25) is 0 Å². The van der Waals surface area contributed by atoms with Gasteiger partial charge in [-0.25, -0.2) is 0 Å². The molecule has 0 heterocycles. The van der Waals surface area contributed by atoms with Crippen LogP contribution in [0, 0.1) is 17.8 Å². The Balaban J connectivity index is 2.02. The molecule has 0 amide bonds. The molecule has 0 saturated heterocycles. The lowest BCUT2D eigenvalue weighted by Gasteiger charge is -2.37. The quantitative estimate of drug-likeness (QED) is 0.671. The first-order chi connectivity index (χ1) is 7.33. The van der Waals surface area contributed by atoms with Crippen LogP contribution in [0.4, 0.5) is 0 Å². The van der Waals surface area contributed by atoms with Crippen molar-refractivity contribution in [3.05, 3.63) is 0 Å². The molecule has 0 aromatic carbocycles. The van der Waals surface area contributed by atoms with E-state index in [0.29, 0.717) is 11.7 Å². The van der Waals surface area contributed by atoms with Gasteiger partial charge in [0.05, 0.1) is 0 Å². The van der Waals surface area contributed by atoms with E-state index >= 15 is 0 Å². The van der Waals surface area contributed by atoms with Crippen molar-refractivity contribution in [3.8, 4) is 0 Å². The van der Waals surface area contributed by atoms with E-state index in [0.717, 1.165) is 24.7 Å². The molecule has 0 bridgehead atoms. The molecular formula is C14H24O. The zero-order valence-corrected chi connectivity index (χ0v) is 10.0. The van der Waals surface area contributed by atoms with Crippen LogP contribution in [0.25, 0.3) is 0 Å². The van der Waals surface area contributed by atoms with Gasteiger partial charge in [0.15, 0.2) is 0 Å². The van der Waals surface area contributed by atoms with E-state index < -0.39 is 0 Å². The Morgan fingerprint density at radius 2 is 1.80 bits per heavy atom. The van der Waals surface area contributed by atoms with E-state index in [9.17, 15) is 4.79 Å². The molecule has 86 valence electrons. The molecule has 0 radical (unpaired) electrons. The highest BCUT2D eigenvalue weighted by Gasteiger charge is 2.35. The van der Waals surface area contributed by atoms with E-state index in [-0.39, 0.29) is 0 Å². The maximum absolute atomic E-state index is 12.0. The summed E-state index contributed by atoms with van der Waals surface area (Å²) in [7, 11) is 0. The van der Waals surface area contributed by atoms with Crippen LogP contribution in [-0.2, 0) is 4.79 Å². The molecule has 2 aliphatic rings. The third-order valence-corrected chi connectivity index (χ3v) is 4.61. The van der Waals surface area contributed by atoms with Crippen molar-refractivity contribution in [2.75, 3.05) is 0 Å². The first-order valence-electron chi connectivity index (χ1n) is 6.85. The lowest BCUT2D eigenvalue weighted by molar-refractivity contribution is -0.127. The zero-order chi connectivity index (χ0) is 10.7. The van der Waals surface area contributed by atoms with E-state index in [1.165, 1.54) is 44.9 Å². The zero-order valence-electron chi connectivity index (χ0n) is 10.0. The van der Waals surface area contributed by atoms with Gasteiger partial charge in [-0.05, 0) is 31.1 Å². The van der Waals surface area contributed by atoms with Crippen molar-refractivity contribution < 1.29 is 4.79 Å². The Labute approximate surface area is 93.6 Å². The van der Waals surface area contributed by atoms with Crippen LogP contribution in [0.15, 0.2) is 0 Å². The molecule has 0 aromatic rings. The third-order valence-electron chi connectivity index (χ3n) is 4.61. The molecule has 1 nitrogen and oxygen atoms in total.